The number of amides is 1. The lowest BCUT2D eigenvalue weighted by molar-refractivity contribution is 0.0747. The predicted molar refractivity (Wildman–Crippen MR) is 102 cm³/mol. The molecule has 4 heteroatoms. The fourth-order valence-electron chi connectivity index (χ4n) is 3.59. The zero-order chi connectivity index (χ0) is 17.4. The molecule has 3 aromatic rings. The Morgan fingerprint density at radius 1 is 1.00 bits per heavy atom. The summed E-state index contributed by atoms with van der Waals surface area (Å²) in [5, 5.41) is 1.14. The maximum Gasteiger partial charge on any atom is 0.254 e. The van der Waals surface area contributed by atoms with Crippen LogP contribution in [0.15, 0.2) is 48.7 Å². The average Bonchev–Trinajstić information content (AvgIpc) is 3.11. The Morgan fingerprint density at radius 3 is 2.60 bits per heavy atom. The molecule has 4 nitrogen and oxygen atoms in total. The Hall–Kier alpha value is -2.75. The number of nitrogens with zero attached hydrogens (tertiary/aromatic N) is 2. The van der Waals surface area contributed by atoms with Crippen molar-refractivity contribution in [2.75, 3.05) is 31.1 Å². The standard InChI is InChI=1S/C21H23N3O/c1-15-4-3-5-20(16(15)2)23-10-12-24(13-11-23)21(25)18-7-6-17-8-9-22-19(17)14-18/h3-9,14,22H,10-13H2,1-2H3. The quantitative estimate of drug-likeness (QED) is 0.776. The molecule has 128 valence electrons. The van der Waals surface area contributed by atoms with Gasteiger partial charge in [-0.3, -0.25) is 4.79 Å². The fraction of sp³-hybridized carbons (Fsp3) is 0.286. The highest BCUT2D eigenvalue weighted by Crippen LogP contribution is 2.24. The third-order valence-electron chi connectivity index (χ3n) is 5.29. The van der Waals surface area contributed by atoms with Crippen LogP contribution < -0.4 is 4.90 Å². The first-order valence-electron chi connectivity index (χ1n) is 8.81. The van der Waals surface area contributed by atoms with E-state index in [1.165, 1.54) is 16.8 Å². The maximum atomic E-state index is 12.8. The van der Waals surface area contributed by atoms with E-state index < -0.39 is 0 Å². The molecule has 1 saturated heterocycles. The highest BCUT2D eigenvalue weighted by Gasteiger charge is 2.23. The molecule has 25 heavy (non-hydrogen) atoms. The van der Waals surface area contributed by atoms with Gasteiger partial charge in [0.2, 0.25) is 0 Å². The van der Waals surface area contributed by atoms with Crippen molar-refractivity contribution in [2.45, 2.75) is 13.8 Å². The van der Waals surface area contributed by atoms with Crippen LogP contribution in [0.5, 0.6) is 0 Å². The number of hydrogen-bond donors (Lipinski definition) is 1. The van der Waals surface area contributed by atoms with E-state index in [4.69, 9.17) is 0 Å². The van der Waals surface area contributed by atoms with Crippen LogP contribution in [0.3, 0.4) is 0 Å². The number of hydrogen-bond acceptors (Lipinski definition) is 2. The van der Waals surface area contributed by atoms with Crippen LogP contribution in [0, 0.1) is 13.8 Å². The van der Waals surface area contributed by atoms with Crippen molar-refractivity contribution in [1.82, 2.24) is 9.88 Å². The molecule has 0 unspecified atom stereocenters. The second kappa shape index (κ2) is 6.28. The number of H-pyrrole nitrogens is 1. The molecule has 1 aromatic heterocycles. The molecule has 2 aromatic carbocycles. The molecule has 0 bridgehead atoms. The van der Waals surface area contributed by atoms with Crippen molar-refractivity contribution in [1.29, 1.82) is 0 Å². The topological polar surface area (TPSA) is 39.3 Å². The van der Waals surface area contributed by atoms with E-state index in [2.05, 4.69) is 41.9 Å². The molecule has 0 spiro atoms. The molecular formula is C21H23N3O. The van der Waals surface area contributed by atoms with E-state index in [9.17, 15) is 4.79 Å². The van der Waals surface area contributed by atoms with Crippen LogP contribution in [0.25, 0.3) is 10.9 Å². The molecule has 0 aliphatic carbocycles. The number of benzene rings is 2. The van der Waals surface area contributed by atoms with Gasteiger partial charge in [-0.1, -0.05) is 18.2 Å². The summed E-state index contributed by atoms with van der Waals surface area (Å²) >= 11 is 0. The van der Waals surface area contributed by atoms with E-state index in [1.54, 1.807) is 0 Å². The van der Waals surface area contributed by atoms with Crippen LogP contribution in [0.1, 0.15) is 21.5 Å². The summed E-state index contributed by atoms with van der Waals surface area (Å²) in [5.41, 5.74) is 5.71. The van der Waals surface area contributed by atoms with Crippen molar-refractivity contribution < 1.29 is 4.79 Å². The number of carbonyl (C=O) groups excluding carboxylic acids is 1. The monoisotopic (exact) mass is 333 g/mol. The minimum Gasteiger partial charge on any atom is -0.368 e. The number of nitrogens with one attached hydrogen (secondary N) is 1. The van der Waals surface area contributed by atoms with Crippen molar-refractivity contribution in [3.05, 3.63) is 65.4 Å². The second-order valence-electron chi connectivity index (χ2n) is 6.78. The van der Waals surface area contributed by atoms with E-state index >= 15 is 0 Å². The average molecular weight is 333 g/mol. The molecule has 0 radical (unpaired) electrons. The Labute approximate surface area is 148 Å². The molecule has 1 amide bonds. The van der Waals surface area contributed by atoms with Crippen LogP contribution in [0.4, 0.5) is 5.69 Å². The number of fused-ring (bicyclic) bond motifs is 1. The largest absolute Gasteiger partial charge is 0.368 e. The summed E-state index contributed by atoms with van der Waals surface area (Å²) in [6.45, 7) is 7.59. The number of rotatable bonds is 2. The lowest BCUT2D eigenvalue weighted by atomic mass is 10.1. The molecular weight excluding hydrogens is 310 g/mol. The molecule has 1 aliphatic heterocycles. The van der Waals surface area contributed by atoms with Gasteiger partial charge >= 0.3 is 0 Å². The van der Waals surface area contributed by atoms with Gasteiger partial charge in [-0.25, -0.2) is 0 Å². The second-order valence-corrected chi connectivity index (χ2v) is 6.78. The molecule has 1 aliphatic rings. The van der Waals surface area contributed by atoms with Crippen LogP contribution in [-0.4, -0.2) is 42.0 Å². The predicted octanol–water partition coefficient (Wildman–Crippen LogP) is 3.75. The molecule has 4 rings (SSSR count). The summed E-state index contributed by atoms with van der Waals surface area (Å²) in [6.07, 6.45) is 1.90. The van der Waals surface area contributed by atoms with Gasteiger partial charge in [0.05, 0.1) is 0 Å². The Balaban J connectivity index is 1.47. The number of aromatic nitrogens is 1. The van der Waals surface area contributed by atoms with Crippen molar-refractivity contribution in [3.63, 3.8) is 0 Å². The molecule has 1 fully saturated rings. The van der Waals surface area contributed by atoms with Crippen LogP contribution in [-0.2, 0) is 0 Å². The Bertz CT molecular complexity index is 920. The van der Waals surface area contributed by atoms with Crippen molar-refractivity contribution in [3.8, 4) is 0 Å². The zero-order valence-corrected chi connectivity index (χ0v) is 14.7. The fourth-order valence-corrected chi connectivity index (χ4v) is 3.59. The first-order chi connectivity index (χ1) is 12.1. The molecule has 0 atom stereocenters. The van der Waals surface area contributed by atoms with Gasteiger partial charge < -0.3 is 14.8 Å². The Kier molecular flexibility index (Phi) is 3.96. The highest BCUT2D eigenvalue weighted by molar-refractivity contribution is 5.98. The summed E-state index contributed by atoms with van der Waals surface area (Å²) in [6, 6.07) is 14.3. The number of aromatic amines is 1. The minimum atomic E-state index is 0.122. The van der Waals surface area contributed by atoms with Gasteiger partial charge in [0.15, 0.2) is 0 Å². The van der Waals surface area contributed by atoms with E-state index in [1.807, 2.05) is 35.4 Å². The number of carbonyl (C=O) groups is 1. The molecule has 0 saturated carbocycles. The smallest absolute Gasteiger partial charge is 0.254 e. The first kappa shape index (κ1) is 15.8. The van der Waals surface area contributed by atoms with Gasteiger partial charge in [0.1, 0.15) is 0 Å². The van der Waals surface area contributed by atoms with Gasteiger partial charge in [0, 0.05) is 49.1 Å². The van der Waals surface area contributed by atoms with Crippen molar-refractivity contribution in [2.24, 2.45) is 0 Å². The van der Waals surface area contributed by atoms with E-state index in [0.717, 1.165) is 42.6 Å². The highest BCUT2D eigenvalue weighted by atomic mass is 16.2. The summed E-state index contributed by atoms with van der Waals surface area (Å²) < 4.78 is 0. The lowest BCUT2D eigenvalue weighted by Gasteiger charge is -2.37. The minimum absolute atomic E-state index is 0.122. The van der Waals surface area contributed by atoms with Gasteiger partial charge in [-0.15, -0.1) is 0 Å². The van der Waals surface area contributed by atoms with E-state index in [0.29, 0.717) is 0 Å². The van der Waals surface area contributed by atoms with Crippen LogP contribution in [0.2, 0.25) is 0 Å². The summed E-state index contributed by atoms with van der Waals surface area (Å²) in [7, 11) is 0. The molecule has 2 heterocycles. The summed E-state index contributed by atoms with van der Waals surface area (Å²) in [4.78, 5) is 20.4. The normalized spacial score (nSPS) is 15.0. The first-order valence-corrected chi connectivity index (χ1v) is 8.81. The maximum absolute atomic E-state index is 12.8. The third-order valence-corrected chi connectivity index (χ3v) is 5.29. The molecule has 1 N–H and O–H groups in total. The summed E-state index contributed by atoms with van der Waals surface area (Å²) in [5.74, 6) is 0.122. The Morgan fingerprint density at radius 2 is 1.80 bits per heavy atom. The van der Waals surface area contributed by atoms with Gasteiger partial charge in [-0.2, -0.15) is 0 Å². The number of aryl methyl sites for hydroxylation is 1. The van der Waals surface area contributed by atoms with Gasteiger partial charge in [-0.05, 0) is 54.6 Å². The lowest BCUT2D eigenvalue weighted by Crippen LogP contribution is -2.49. The van der Waals surface area contributed by atoms with Gasteiger partial charge in [0.25, 0.3) is 5.91 Å². The van der Waals surface area contributed by atoms with E-state index in [-0.39, 0.29) is 5.91 Å². The SMILES string of the molecule is Cc1cccc(N2CCN(C(=O)c3ccc4cc[nH]c4c3)CC2)c1C. The van der Waals surface area contributed by atoms with Crippen molar-refractivity contribution >= 4 is 22.5 Å². The third kappa shape index (κ3) is 2.88. The van der Waals surface area contributed by atoms with Crippen LogP contribution >= 0.6 is 0 Å². The number of anilines is 1. The number of piperazine rings is 1. The zero-order valence-electron chi connectivity index (χ0n) is 14.7.